The van der Waals surface area contributed by atoms with Gasteiger partial charge in [-0.15, -0.1) is 0 Å². The van der Waals surface area contributed by atoms with E-state index in [-0.39, 0.29) is 0 Å². The third kappa shape index (κ3) is 5.30. The number of piperidine rings is 1. The number of halogens is 3. The lowest BCUT2D eigenvalue weighted by molar-refractivity contribution is -0.148. The predicted octanol–water partition coefficient (Wildman–Crippen LogP) is 3.18. The van der Waals surface area contributed by atoms with E-state index in [0.717, 1.165) is 18.8 Å². The molecule has 0 aromatic heterocycles. The Hall–Kier alpha value is -0.290. The lowest BCUT2D eigenvalue weighted by Gasteiger charge is -2.36. The Morgan fingerprint density at radius 1 is 1.05 bits per heavy atom. The largest absolute Gasteiger partial charge is 0.401 e. The number of hydrogen-bond donors (Lipinski definition) is 1. The number of alkyl halides is 3. The van der Waals surface area contributed by atoms with Gasteiger partial charge in [-0.05, 0) is 44.7 Å². The molecule has 2 unspecified atom stereocenters. The highest BCUT2D eigenvalue weighted by Gasteiger charge is 2.33. The first-order chi connectivity index (χ1) is 8.92. The summed E-state index contributed by atoms with van der Waals surface area (Å²) in [6.45, 7) is 2.68. The highest BCUT2D eigenvalue weighted by Crippen LogP contribution is 2.25. The second-order valence-corrected chi connectivity index (χ2v) is 6.30. The maximum absolute atomic E-state index is 12.3. The van der Waals surface area contributed by atoms with Crippen LogP contribution in [0.3, 0.4) is 0 Å². The molecule has 0 bridgehead atoms. The van der Waals surface area contributed by atoms with Crippen molar-refractivity contribution >= 4 is 0 Å². The number of nitrogens with one attached hydrogen (secondary N) is 1. The summed E-state index contributed by atoms with van der Waals surface area (Å²) in [4.78, 5) is 1.53. The number of nitrogens with zero attached hydrogens (tertiary/aromatic N) is 1. The first kappa shape index (κ1) is 15.1. The third-order valence-electron chi connectivity index (χ3n) is 4.40. The van der Waals surface area contributed by atoms with Gasteiger partial charge in [0.05, 0.1) is 6.54 Å². The van der Waals surface area contributed by atoms with Gasteiger partial charge in [-0.3, -0.25) is 4.90 Å². The second-order valence-electron chi connectivity index (χ2n) is 6.30. The van der Waals surface area contributed by atoms with Gasteiger partial charge in [0.25, 0.3) is 0 Å². The summed E-state index contributed by atoms with van der Waals surface area (Å²) in [5.41, 5.74) is 0. The van der Waals surface area contributed by atoms with Gasteiger partial charge in [-0.25, -0.2) is 0 Å². The number of rotatable bonds is 3. The molecule has 1 N–H and O–H groups in total. The Labute approximate surface area is 113 Å². The number of likely N-dealkylation sites (tertiary alicyclic amines) is 1. The first-order valence-electron chi connectivity index (χ1n) is 7.47. The van der Waals surface area contributed by atoms with Crippen LogP contribution in [0.25, 0.3) is 0 Å². The first-order valence-corrected chi connectivity index (χ1v) is 7.47. The molecule has 0 aromatic rings. The molecule has 1 saturated carbocycles. The molecule has 0 radical (unpaired) electrons. The molecular formula is C14H25F3N2. The molecule has 2 atom stereocenters. The summed E-state index contributed by atoms with van der Waals surface area (Å²) in [5, 5.41) is 3.66. The Balaban J connectivity index is 1.68. The molecule has 1 aliphatic heterocycles. The number of hydrogen-bond acceptors (Lipinski definition) is 2. The summed E-state index contributed by atoms with van der Waals surface area (Å²) in [6.07, 6.45) is 2.70. The SMILES string of the molecule is CC1CCCC(NC2CCN(CC(F)(F)F)CC2)C1. The summed E-state index contributed by atoms with van der Waals surface area (Å²) in [6, 6.07) is 1.00. The van der Waals surface area contributed by atoms with Crippen molar-refractivity contribution in [2.75, 3.05) is 19.6 Å². The minimum atomic E-state index is -4.06. The van der Waals surface area contributed by atoms with E-state index in [2.05, 4.69) is 12.2 Å². The van der Waals surface area contributed by atoms with E-state index in [1.54, 1.807) is 0 Å². The minimum absolute atomic E-state index is 0.416. The van der Waals surface area contributed by atoms with Crippen LogP contribution >= 0.6 is 0 Å². The van der Waals surface area contributed by atoms with E-state index in [0.29, 0.717) is 25.2 Å². The van der Waals surface area contributed by atoms with Gasteiger partial charge in [0.2, 0.25) is 0 Å². The summed E-state index contributed by atoms with van der Waals surface area (Å²) < 4.78 is 36.9. The molecule has 2 nitrogen and oxygen atoms in total. The Morgan fingerprint density at radius 3 is 2.32 bits per heavy atom. The lowest BCUT2D eigenvalue weighted by atomic mass is 9.86. The van der Waals surface area contributed by atoms with E-state index in [4.69, 9.17) is 0 Å². The van der Waals surface area contributed by atoms with Crippen LogP contribution in [0.4, 0.5) is 13.2 Å². The molecule has 2 rings (SSSR count). The highest BCUT2D eigenvalue weighted by molar-refractivity contribution is 4.84. The fourth-order valence-corrected chi connectivity index (χ4v) is 3.43. The zero-order chi connectivity index (χ0) is 13.9. The Morgan fingerprint density at radius 2 is 1.74 bits per heavy atom. The van der Waals surface area contributed by atoms with Crippen molar-refractivity contribution in [3.8, 4) is 0 Å². The highest BCUT2D eigenvalue weighted by atomic mass is 19.4. The molecule has 2 fully saturated rings. The van der Waals surface area contributed by atoms with Gasteiger partial charge < -0.3 is 5.32 Å². The van der Waals surface area contributed by atoms with Crippen molar-refractivity contribution in [3.63, 3.8) is 0 Å². The van der Waals surface area contributed by atoms with E-state index in [1.165, 1.54) is 30.6 Å². The summed E-state index contributed by atoms with van der Waals surface area (Å²) in [7, 11) is 0. The maximum Gasteiger partial charge on any atom is 0.401 e. The zero-order valence-electron chi connectivity index (χ0n) is 11.7. The third-order valence-corrected chi connectivity index (χ3v) is 4.40. The van der Waals surface area contributed by atoms with Crippen LogP contribution in [-0.4, -0.2) is 42.8 Å². The van der Waals surface area contributed by atoms with E-state index < -0.39 is 12.7 Å². The molecule has 0 spiro atoms. The molecule has 2 aliphatic rings. The molecule has 0 amide bonds. The Bertz CT molecular complexity index is 272. The maximum atomic E-state index is 12.3. The van der Waals surface area contributed by atoms with Gasteiger partial charge in [0, 0.05) is 12.1 Å². The minimum Gasteiger partial charge on any atom is -0.311 e. The van der Waals surface area contributed by atoms with Gasteiger partial charge >= 0.3 is 6.18 Å². The topological polar surface area (TPSA) is 15.3 Å². The smallest absolute Gasteiger partial charge is 0.311 e. The van der Waals surface area contributed by atoms with Crippen molar-refractivity contribution < 1.29 is 13.2 Å². The van der Waals surface area contributed by atoms with Gasteiger partial charge in [-0.1, -0.05) is 19.8 Å². The molecule has 5 heteroatoms. The average molecular weight is 278 g/mol. The van der Waals surface area contributed by atoms with Crippen LogP contribution < -0.4 is 5.32 Å². The standard InChI is InChI=1S/C14H25F3N2/c1-11-3-2-4-13(9-11)18-12-5-7-19(8-6-12)10-14(15,16)17/h11-13,18H,2-10H2,1H3. The molecule has 1 heterocycles. The quantitative estimate of drug-likeness (QED) is 0.853. The van der Waals surface area contributed by atoms with Gasteiger partial charge in [0.15, 0.2) is 0 Å². The van der Waals surface area contributed by atoms with Crippen LogP contribution in [0.15, 0.2) is 0 Å². The Kier molecular flexibility index (Phi) is 5.12. The van der Waals surface area contributed by atoms with Crippen molar-refractivity contribution in [2.45, 2.75) is 63.7 Å². The van der Waals surface area contributed by atoms with Crippen molar-refractivity contribution in [2.24, 2.45) is 5.92 Å². The van der Waals surface area contributed by atoms with Crippen LogP contribution in [0.5, 0.6) is 0 Å². The molecule has 1 saturated heterocycles. The van der Waals surface area contributed by atoms with Crippen molar-refractivity contribution in [3.05, 3.63) is 0 Å². The fraction of sp³-hybridized carbons (Fsp3) is 1.00. The summed E-state index contributed by atoms with van der Waals surface area (Å²) in [5.74, 6) is 0.788. The van der Waals surface area contributed by atoms with Crippen molar-refractivity contribution in [1.29, 1.82) is 0 Å². The molecule has 0 aromatic carbocycles. The average Bonchev–Trinajstić information content (AvgIpc) is 2.30. The normalized spacial score (nSPS) is 31.6. The molecule has 1 aliphatic carbocycles. The molecular weight excluding hydrogens is 253 g/mol. The molecule has 112 valence electrons. The van der Waals surface area contributed by atoms with Crippen molar-refractivity contribution in [1.82, 2.24) is 10.2 Å². The van der Waals surface area contributed by atoms with E-state index in [9.17, 15) is 13.2 Å². The second kappa shape index (κ2) is 6.44. The molecule has 19 heavy (non-hydrogen) atoms. The van der Waals surface area contributed by atoms with Crippen LogP contribution in [-0.2, 0) is 0 Å². The van der Waals surface area contributed by atoms with Crippen LogP contribution in [0, 0.1) is 5.92 Å². The van der Waals surface area contributed by atoms with E-state index >= 15 is 0 Å². The monoisotopic (exact) mass is 278 g/mol. The predicted molar refractivity (Wildman–Crippen MR) is 70.1 cm³/mol. The summed E-state index contributed by atoms with van der Waals surface area (Å²) >= 11 is 0. The van der Waals surface area contributed by atoms with Crippen LogP contribution in [0.2, 0.25) is 0 Å². The van der Waals surface area contributed by atoms with Gasteiger partial charge in [-0.2, -0.15) is 13.2 Å². The van der Waals surface area contributed by atoms with E-state index in [1.807, 2.05) is 0 Å². The fourth-order valence-electron chi connectivity index (χ4n) is 3.43. The van der Waals surface area contributed by atoms with Gasteiger partial charge in [0.1, 0.15) is 0 Å². The lowest BCUT2D eigenvalue weighted by Crippen LogP contribution is -2.48. The van der Waals surface area contributed by atoms with Crippen LogP contribution in [0.1, 0.15) is 45.4 Å². The zero-order valence-corrected chi connectivity index (χ0v) is 11.7.